The number of aliphatic hydroxyl groups is 1. The molecule has 1 aliphatic carbocycles. The molecule has 0 saturated carbocycles. The lowest BCUT2D eigenvalue weighted by molar-refractivity contribution is 0.101. The summed E-state index contributed by atoms with van der Waals surface area (Å²) in [6, 6.07) is 4.34. The van der Waals surface area contributed by atoms with E-state index in [1.807, 2.05) is 26.0 Å². The Kier molecular flexibility index (Phi) is 12.1. The predicted molar refractivity (Wildman–Crippen MR) is 163 cm³/mol. The van der Waals surface area contributed by atoms with E-state index in [-0.39, 0.29) is 33.7 Å². The third-order valence-electron chi connectivity index (χ3n) is 6.96. The summed E-state index contributed by atoms with van der Waals surface area (Å²) in [4.78, 5) is 37.1. The molecule has 2 atom stereocenters. The monoisotopic (exact) mass is 598 g/mol. The number of aromatic hydroxyl groups is 1. The van der Waals surface area contributed by atoms with E-state index in [1.165, 1.54) is 6.92 Å². The second-order valence-electron chi connectivity index (χ2n) is 10.1. The number of fused-ring (bicyclic) bond motifs is 1. The SMILES string of the molecule is CCCC[C@H](O)[C@H](/C=C\CCOc1ccc(C(C)=O)c(O)c1CCC)C1=c2c(=O)cc(OC(=O)OC)oc2=CC(=S)C1. The van der Waals surface area contributed by atoms with Crippen LogP contribution in [0.15, 0.2) is 39.6 Å². The van der Waals surface area contributed by atoms with E-state index in [0.717, 1.165) is 32.4 Å². The van der Waals surface area contributed by atoms with E-state index in [0.29, 0.717) is 54.0 Å². The van der Waals surface area contributed by atoms with Gasteiger partial charge in [-0.15, -0.1) is 0 Å². The number of methoxy groups -OCH3 is 1. The summed E-state index contributed by atoms with van der Waals surface area (Å²) < 4.78 is 21.0. The van der Waals surface area contributed by atoms with Crippen LogP contribution in [0.1, 0.15) is 75.2 Å². The van der Waals surface area contributed by atoms with E-state index in [1.54, 1.807) is 18.2 Å². The van der Waals surface area contributed by atoms with Gasteiger partial charge in [0.1, 0.15) is 16.9 Å². The fraction of sp³-hybridized carbons (Fsp3) is 0.438. The molecular formula is C32H38O9S. The fourth-order valence-corrected chi connectivity index (χ4v) is 5.18. The summed E-state index contributed by atoms with van der Waals surface area (Å²) in [6.45, 7) is 5.72. The van der Waals surface area contributed by atoms with E-state index in [2.05, 4.69) is 4.74 Å². The Morgan fingerprint density at radius 2 is 1.98 bits per heavy atom. The van der Waals surface area contributed by atoms with Crippen LogP contribution in [0.5, 0.6) is 17.4 Å². The van der Waals surface area contributed by atoms with E-state index in [9.17, 15) is 24.6 Å². The molecule has 226 valence electrons. The van der Waals surface area contributed by atoms with Crippen molar-refractivity contribution in [1.82, 2.24) is 0 Å². The van der Waals surface area contributed by atoms with Crippen LogP contribution in [0.2, 0.25) is 0 Å². The fourth-order valence-electron chi connectivity index (χ4n) is 4.92. The Labute approximate surface area is 250 Å². The average Bonchev–Trinajstić information content (AvgIpc) is 2.94. The highest BCUT2D eigenvalue weighted by Crippen LogP contribution is 2.33. The van der Waals surface area contributed by atoms with Gasteiger partial charge in [-0.3, -0.25) is 9.59 Å². The second-order valence-corrected chi connectivity index (χ2v) is 10.6. The number of hydrogen-bond donors (Lipinski definition) is 2. The summed E-state index contributed by atoms with van der Waals surface area (Å²) >= 11 is 5.49. The molecule has 0 radical (unpaired) electrons. The standard InChI is InChI=1S/C32H38O9S/c1-5-7-12-25(34)22(11-8-9-15-39-27-14-13-21(19(3)33)31(36)23(27)10-6-2)24-16-20(42)17-28-30(24)26(35)18-29(40-28)41-32(37)38-4/h8,11,13-14,17-18,22,25,34,36H,5-7,9-10,12,15-16H2,1-4H3/b11-8-/t22-,25+/m1/s1. The predicted octanol–water partition coefficient (Wildman–Crippen LogP) is 4.54. The van der Waals surface area contributed by atoms with Crippen molar-refractivity contribution in [1.29, 1.82) is 0 Å². The zero-order chi connectivity index (χ0) is 30.8. The van der Waals surface area contributed by atoms with Gasteiger partial charge in [0, 0.05) is 22.8 Å². The quantitative estimate of drug-likeness (QED) is 0.105. The van der Waals surface area contributed by atoms with Crippen LogP contribution in [0.4, 0.5) is 4.79 Å². The second kappa shape index (κ2) is 15.5. The van der Waals surface area contributed by atoms with E-state index >= 15 is 0 Å². The molecule has 1 aromatic carbocycles. The first-order valence-electron chi connectivity index (χ1n) is 14.1. The van der Waals surface area contributed by atoms with Crippen molar-refractivity contribution in [3.8, 4) is 17.4 Å². The van der Waals surface area contributed by atoms with Gasteiger partial charge in [0.05, 0.1) is 36.7 Å². The average molecular weight is 599 g/mol. The number of carbonyl (C=O) groups excluding carboxylic acids is 2. The molecule has 0 spiro atoms. The van der Waals surface area contributed by atoms with Crippen molar-refractivity contribution in [3.63, 3.8) is 0 Å². The van der Waals surface area contributed by atoms with Crippen LogP contribution in [-0.4, -0.2) is 46.8 Å². The van der Waals surface area contributed by atoms with Crippen LogP contribution < -0.4 is 25.5 Å². The maximum Gasteiger partial charge on any atom is 0.516 e. The Balaban J connectivity index is 1.90. The first-order chi connectivity index (χ1) is 20.1. The number of rotatable bonds is 14. The number of hydrogen-bond acceptors (Lipinski definition) is 10. The van der Waals surface area contributed by atoms with Crippen LogP contribution >= 0.6 is 12.2 Å². The Morgan fingerprint density at radius 3 is 2.64 bits per heavy atom. The van der Waals surface area contributed by atoms with Crippen LogP contribution in [0.3, 0.4) is 0 Å². The molecule has 0 amide bonds. The number of phenolic OH excluding ortho intramolecular Hbond substituents is 1. The number of thiocarbonyl (C=S) groups is 1. The Hall–Kier alpha value is -3.76. The number of Topliss-reactive ketones (excluding diaryl/α,β-unsaturated/α-hetero) is 1. The molecule has 2 N–H and O–H groups in total. The molecule has 0 saturated heterocycles. The largest absolute Gasteiger partial charge is 0.516 e. The number of ether oxygens (including phenoxy) is 3. The van der Waals surface area contributed by atoms with Gasteiger partial charge in [0.25, 0.3) is 5.95 Å². The van der Waals surface area contributed by atoms with Crippen molar-refractivity contribution in [2.75, 3.05) is 13.7 Å². The minimum absolute atomic E-state index is 0.0457. The molecule has 3 rings (SSSR count). The molecule has 2 aromatic rings. The van der Waals surface area contributed by atoms with Crippen molar-refractivity contribution in [2.45, 2.75) is 71.8 Å². The molecule has 0 aliphatic heterocycles. The number of unbranched alkanes of at least 4 members (excludes halogenated alkanes) is 1. The zero-order valence-corrected chi connectivity index (χ0v) is 25.3. The molecule has 10 heteroatoms. The summed E-state index contributed by atoms with van der Waals surface area (Å²) in [7, 11) is 1.14. The van der Waals surface area contributed by atoms with Gasteiger partial charge < -0.3 is 28.8 Å². The van der Waals surface area contributed by atoms with Gasteiger partial charge in [0.2, 0.25) is 0 Å². The van der Waals surface area contributed by atoms with E-state index < -0.39 is 23.6 Å². The van der Waals surface area contributed by atoms with Crippen molar-refractivity contribution in [2.24, 2.45) is 5.92 Å². The smallest absolute Gasteiger partial charge is 0.507 e. The minimum Gasteiger partial charge on any atom is -0.507 e. The summed E-state index contributed by atoms with van der Waals surface area (Å²) in [5, 5.41) is 22.1. The molecule has 1 aliphatic rings. The van der Waals surface area contributed by atoms with Crippen LogP contribution in [0.25, 0.3) is 11.6 Å². The molecular weight excluding hydrogens is 560 g/mol. The van der Waals surface area contributed by atoms with Crippen LogP contribution in [-0.2, 0) is 11.2 Å². The van der Waals surface area contributed by atoms with Gasteiger partial charge in [-0.2, -0.15) is 0 Å². The molecule has 0 bridgehead atoms. The number of phenols is 1. The summed E-state index contributed by atoms with van der Waals surface area (Å²) in [5.41, 5.74) is 1.23. The number of aliphatic hydroxyl groups excluding tert-OH is 1. The highest BCUT2D eigenvalue weighted by molar-refractivity contribution is 7.81. The highest BCUT2D eigenvalue weighted by atomic mass is 32.1. The maximum absolute atomic E-state index is 13.2. The lowest BCUT2D eigenvalue weighted by Gasteiger charge is -2.24. The first kappa shape index (κ1) is 32.8. The van der Waals surface area contributed by atoms with Crippen molar-refractivity contribution >= 4 is 40.7 Å². The number of benzene rings is 1. The van der Waals surface area contributed by atoms with Gasteiger partial charge >= 0.3 is 6.16 Å². The van der Waals surface area contributed by atoms with E-state index in [4.69, 9.17) is 26.1 Å². The molecule has 9 nitrogen and oxygen atoms in total. The Morgan fingerprint density at radius 1 is 1.21 bits per heavy atom. The third-order valence-corrected chi connectivity index (χ3v) is 7.22. The number of ketones is 1. The zero-order valence-electron chi connectivity index (χ0n) is 24.4. The molecule has 42 heavy (non-hydrogen) atoms. The summed E-state index contributed by atoms with van der Waals surface area (Å²) in [5.74, 6) is -0.577. The summed E-state index contributed by atoms with van der Waals surface area (Å²) in [6.07, 6.45) is 7.81. The first-order valence-corrected chi connectivity index (χ1v) is 14.5. The maximum atomic E-state index is 13.2. The molecule has 0 fully saturated rings. The number of carbonyl (C=O) groups is 2. The molecule has 1 aromatic heterocycles. The normalized spacial score (nSPS) is 14.2. The van der Waals surface area contributed by atoms with Crippen molar-refractivity contribution < 1.29 is 38.4 Å². The van der Waals surface area contributed by atoms with Gasteiger partial charge in [-0.05, 0) is 50.0 Å². The molecule has 0 unspecified atom stereocenters. The lowest BCUT2D eigenvalue weighted by Crippen LogP contribution is -2.45. The van der Waals surface area contributed by atoms with Gasteiger partial charge in [-0.25, -0.2) is 4.79 Å². The van der Waals surface area contributed by atoms with Crippen molar-refractivity contribution in [3.05, 3.63) is 62.3 Å². The minimum atomic E-state index is -1.02. The Bertz CT molecular complexity index is 1520. The van der Waals surface area contributed by atoms with Crippen LogP contribution in [0, 0.1) is 5.92 Å². The third kappa shape index (κ3) is 8.17. The lowest BCUT2D eigenvalue weighted by atomic mass is 9.84. The molecule has 1 heterocycles. The van der Waals surface area contributed by atoms with Gasteiger partial charge in [0.15, 0.2) is 11.2 Å². The topological polar surface area (TPSA) is 133 Å². The highest BCUT2D eigenvalue weighted by Gasteiger charge is 2.26. The van der Waals surface area contributed by atoms with Gasteiger partial charge in [-0.1, -0.05) is 57.5 Å².